The highest BCUT2D eigenvalue weighted by Gasteiger charge is 2.42. The molecule has 2 aliphatic rings. The molecule has 26 heavy (non-hydrogen) atoms. The number of amides is 2. The lowest BCUT2D eigenvalue weighted by molar-refractivity contribution is -0.125. The third-order valence-corrected chi connectivity index (χ3v) is 6.00. The van der Waals surface area contributed by atoms with Gasteiger partial charge in [-0.1, -0.05) is 24.3 Å². The average molecular weight is 370 g/mol. The largest absolute Gasteiger partial charge is 0.496 e. The maximum absolute atomic E-state index is 12.8. The molecule has 4 rings (SSSR count). The quantitative estimate of drug-likeness (QED) is 0.880. The highest BCUT2D eigenvalue weighted by molar-refractivity contribution is 7.12. The maximum Gasteiger partial charge on any atom is 0.263 e. The molecular formula is C20H22N2O3S. The number of carbonyl (C=O) groups excluding carboxylic acids is 2. The minimum absolute atomic E-state index is 0.00150. The number of ether oxygens (including phenoxy) is 1. The van der Waals surface area contributed by atoms with Crippen LogP contribution in [0.4, 0.5) is 0 Å². The van der Waals surface area contributed by atoms with Crippen LogP contribution < -0.4 is 10.1 Å². The first-order valence-corrected chi connectivity index (χ1v) is 9.81. The standard InChI is InChI=1S/C20H22N2O3S/c1-25-17-6-3-2-5-14(17)15-11-22(20(24)18-7-4-10-26-18)12-16(15)19(23)21-13-8-9-13/h2-7,10,13,15-16H,8-9,11-12H2,1H3,(H,21,23)/t15-,16-/m0/s1. The molecule has 6 heteroatoms. The zero-order chi connectivity index (χ0) is 18.1. The topological polar surface area (TPSA) is 58.6 Å². The molecule has 2 heterocycles. The maximum atomic E-state index is 12.8. The van der Waals surface area contributed by atoms with Crippen LogP contribution >= 0.6 is 11.3 Å². The highest BCUT2D eigenvalue weighted by atomic mass is 32.1. The molecule has 1 aliphatic heterocycles. The zero-order valence-corrected chi connectivity index (χ0v) is 15.5. The Hall–Kier alpha value is -2.34. The summed E-state index contributed by atoms with van der Waals surface area (Å²) < 4.78 is 5.51. The van der Waals surface area contributed by atoms with Crippen molar-refractivity contribution in [1.29, 1.82) is 0 Å². The number of hydrogen-bond acceptors (Lipinski definition) is 4. The van der Waals surface area contributed by atoms with Gasteiger partial charge in [0.2, 0.25) is 5.91 Å². The number of benzene rings is 1. The van der Waals surface area contributed by atoms with E-state index in [0.29, 0.717) is 24.0 Å². The van der Waals surface area contributed by atoms with Crippen LogP contribution in [0.15, 0.2) is 41.8 Å². The summed E-state index contributed by atoms with van der Waals surface area (Å²) in [4.78, 5) is 28.2. The van der Waals surface area contributed by atoms with Crippen molar-refractivity contribution in [2.24, 2.45) is 5.92 Å². The minimum Gasteiger partial charge on any atom is -0.496 e. The van der Waals surface area contributed by atoms with E-state index < -0.39 is 0 Å². The molecule has 1 saturated heterocycles. The summed E-state index contributed by atoms with van der Waals surface area (Å²) in [6.45, 7) is 0.970. The Labute approximate surface area is 157 Å². The number of nitrogens with one attached hydrogen (secondary N) is 1. The van der Waals surface area contributed by atoms with Gasteiger partial charge < -0.3 is 15.0 Å². The molecule has 0 unspecified atom stereocenters. The van der Waals surface area contributed by atoms with Crippen molar-refractivity contribution in [2.45, 2.75) is 24.8 Å². The number of rotatable bonds is 5. The van der Waals surface area contributed by atoms with Crippen molar-refractivity contribution in [3.63, 3.8) is 0 Å². The fourth-order valence-electron chi connectivity index (χ4n) is 3.62. The van der Waals surface area contributed by atoms with Gasteiger partial charge in [-0.3, -0.25) is 9.59 Å². The van der Waals surface area contributed by atoms with Gasteiger partial charge in [0.25, 0.3) is 5.91 Å². The summed E-state index contributed by atoms with van der Waals surface area (Å²) in [7, 11) is 1.64. The molecule has 2 amide bonds. The minimum atomic E-state index is -0.254. The highest BCUT2D eigenvalue weighted by Crippen LogP contribution is 2.38. The van der Waals surface area contributed by atoms with Gasteiger partial charge in [-0.2, -0.15) is 0 Å². The van der Waals surface area contributed by atoms with E-state index in [0.717, 1.165) is 24.2 Å². The number of nitrogens with zero attached hydrogens (tertiary/aromatic N) is 1. The summed E-state index contributed by atoms with van der Waals surface area (Å²) in [6, 6.07) is 11.8. The van der Waals surface area contributed by atoms with Crippen LogP contribution in [-0.2, 0) is 4.79 Å². The van der Waals surface area contributed by atoms with Crippen LogP contribution in [0.2, 0.25) is 0 Å². The van der Waals surface area contributed by atoms with Crippen molar-refractivity contribution in [3.05, 3.63) is 52.2 Å². The summed E-state index contributed by atoms with van der Waals surface area (Å²) >= 11 is 1.44. The molecule has 0 bridgehead atoms. The third kappa shape index (κ3) is 3.33. The number of carbonyl (C=O) groups is 2. The van der Waals surface area contributed by atoms with Crippen molar-refractivity contribution < 1.29 is 14.3 Å². The summed E-state index contributed by atoms with van der Waals surface area (Å²) in [6.07, 6.45) is 2.10. The second-order valence-corrected chi connectivity index (χ2v) is 7.87. The molecule has 2 fully saturated rings. The number of para-hydroxylation sites is 1. The zero-order valence-electron chi connectivity index (χ0n) is 14.7. The van der Waals surface area contributed by atoms with E-state index >= 15 is 0 Å². The monoisotopic (exact) mass is 370 g/mol. The Morgan fingerprint density at radius 3 is 2.65 bits per heavy atom. The summed E-state index contributed by atoms with van der Waals surface area (Å²) in [5, 5.41) is 5.01. The van der Waals surface area contributed by atoms with Crippen molar-refractivity contribution in [3.8, 4) is 5.75 Å². The van der Waals surface area contributed by atoms with Gasteiger partial charge in [-0.15, -0.1) is 11.3 Å². The molecule has 0 radical (unpaired) electrons. The molecule has 0 spiro atoms. The molecule has 1 aromatic carbocycles. The van der Waals surface area contributed by atoms with Gasteiger partial charge >= 0.3 is 0 Å². The Bertz CT molecular complexity index is 801. The van der Waals surface area contributed by atoms with Crippen molar-refractivity contribution >= 4 is 23.2 Å². The van der Waals surface area contributed by atoms with E-state index in [1.54, 1.807) is 12.0 Å². The fraction of sp³-hybridized carbons (Fsp3) is 0.400. The average Bonchev–Trinajstić information content (AvgIpc) is 3.16. The molecule has 2 aromatic rings. The first-order chi connectivity index (χ1) is 12.7. The SMILES string of the molecule is COc1ccccc1[C@@H]1CN(C(=O)c2cccs2)C[C@@H]1C(=O)NC1CC1. The van der Waals surface area contributed by atoms with E-state index in [2.05, 4.69) is 5.32 Å². The second-order valence-electron chi connectivity index (χ2n) is 6.93. The van der Waals surface area contributed by atoms with Crippen LogP contribution in [0.5, 0.6) is 5.75 Å². The number of likely N-dealkylation sites (tertiary alicyclic amines) is 1. The van der Waals surface area contributed by atoms with E-state index in [1.807, 2.05) is 41.8 Å². The van der Waals surface area contributed by atoms with Gasteiger partial charge in [0.05, 0.1) is 17.9 Å². The number of methoxy groups -OCH3 is 1. The second kappa shape index (κ2) is 7.11. The predicted octanol–water partition coefficient (Wildman–Crippen LogP) is 2.89. The van der Waals surface area contributed by atoms with E-state index in [1.165, 1.54) is 11.3 Å². The number of hydrogen-bond donors (Lipinski definition) is 1. The van der Waals surface area contributed by atoms with Gasteiger partial charge in [0, 0.05) is 25.0 Å². The lowest BCUT2D eigenvalue weighted by Gasteiger charge is -2.20. The first kappa shape index (κ1) is 17.1. The Balaban J connectivity index is 1.62. The Morgan fingerprint density at radius 1 is 1.15 bits per heavy atom. The van der Waals surface area contributed by atoms with E-state index in [-0.39, 0.29) is 23.7 Å². The van der Waals surface area contributed by atoms with Gasteiger partial charge in [-0.05, 0) is 35.9 Å². The van der Waals surface area contributed by atoms with E-state index in [4.69, 9.17) is 4.74 Å². The molecule has 5 nitrogen and oxygen atoms in total. The third-order valence-electron chi connectivity index (χ3n) is 5.14. The Morgan fingerprint density at radius 2 is 1.96 bits per heavy atom. The first-order valence-electron chi connectivity index (χ1n) is 8.93. The van der Waals surface area contributed by atoms with Crippen LogP contribution in [0, 0.1) is 5.92 Å². The van der Waals surface area contributed by atoms with Crippen molar-refractivity contribution in [1.82, 2.24) is 10.2 Å². The van der Waals surface area contributed by atoms with Crippen LogP contribution in [-0.4, -0.2) is 43.0 Å². The number of thiophene rings is 1. The summed E-state index contributed by atoms with van der Waals surface area (Å²) in [5.74, 6) is 0.503. The van der Waals surface area contributed by atoms with Crippen LogP contribution in [0.3, 0.4) is 0 Å². The molecule has 1 aliphatic carbocycles. The molecule has 2 atom stereocenters. The molecule has 1 saturated carbocycles. The van der Waals surface area contributed by atoms with Crippen molar-refractivity contribution in [2.75, 3.05) is 20.2 Å². The smallest absolute Gasteiger partial charge is 0.263 e. The van der Waals surface area contributed by atoms with E-state index in [9.17, 15) is 9.59 Å². The fourth-order valence-corrected chi connectivity index (χ4v) is 4.31. The molecule has 1 N–H and O–H groups in total. The van der Waals surface area contributed by atoms with Crippen LogP contribution in [0.25, 0.3) is 0 Å². The molecule has 136 valence electrons. The lowest BCUT2D eigenvalue weighted by atomic mass is 9.87. The molecular weight excluding hydrogens is 348 g/mol. The lowest BCUT2D eigenvalue weighted by Crippen LogP contribution is -2.36. The normalized spacial score (nSPS) is 22.3. The summed E-state index contributed by atoms with van der Waals surface area (Å²) in [5.41, 5.74) is 0.993. The van der Waals surface area contributed by atoms with Crippen LogP contribution in [0.1, 0.15) is 34.0 Å². The molecule has 1 aromatic heterocycles. The Kier molecular flexibility index (Phi) is 4.68. The predicted molar refractivity (Wildman–Crippen MR) is 101 cm³/mol. The van der Waals surface area contributed by atoms with Gasteiger partial charge in [-0.25, -0.2) is 0 Å². The van der Waals surface area contributed by atoms with Gasteiger partial charge in [0.15, 0.2) is 0 Å². The van der Waals surface area contributed by atoms with Gasteiger partial charge in [0.1, 0.15) is 5.75 Å².